The molecule has 1 amide bonds. The van der Waals surface area contributed by atoms with Crippen LogP contribution in [-0.4, -0.2) is 18.5 Å². The minimum Gasteiger partial charge on any atom is -0.312 e. The zero-order valence-corrected chi connectivity index (χ0v) is 12.3. The molecule has 1 aromatic rings. The van der Waals surface area contributed by atoms with E-state index in [1.807, 2.05) is 4.90 Å². The molecule has 108 valence electrons. The second kappa shape index (κ2) is 5.96. The standard InChI is InChI=1S/C17H24N2O/c1-13(11-14-4-5-14)18-12-15-6-8-16(9-7-15)19-10-2-3-17(19)20/h6-9,13-14,18H,2-5,10-12H2,1H3. The Morgan fingerprint density at radius 2 is 2.05 bits per heavy atom. The second-order valence-corrected chi connectivity index (χ2v) is 6.28. The van der Waals surface area contributed by atoms with E-state index in [2.05, 4.69) is 36.5 Å². The summed E-state index contributed by atoms with van der Waals surface area (Å²) in [6.07, 6.45) is 5.83. The lowest BCUT2D eigenvalue weighted by atomic mass is 10.1. The summed E-state index contributed by atoms with van der Waals surface area (Å²) >= 11 is 0. The molecule has 0 spiro atoms. The Morgan fingerprint density at radius 1 is 1.30 bits per heavy atom. The monoisotopic (exact) mass is 272 g/mol. The van der Waals surface area contributed by atoms with Crippen LogP contribution < -0.4 is 10.2 Å². The Hall–Kier alpha value is -1.35. The van der Waals surface area contributed by atoms with Crippen molar-refractivity contribution in [3.05, 3.63) is 29.8 Å². The lowest BCUT2D eigenvalue weighted by molar-refractivity contribution is -0.117. The molecule has 2 aliphatic rings. The topological polar surface area (TPSA) is 32.3 Å². The molecule has 1 N–H and O–H groups in total. The summed E-state index contributed by atoms with van der Waals surface area (Å²) < 4.78 is 0. The van der Waals surface area contributed by atoms with Crippen molar-refractivity contribution in [3.8, 4) is 0 Å². The van der Waals surface area contributed by atoms with Crippen LogP contribution in [0.2, 0.25) is 0 Å². The van der Waals surface area contributed by atoms with E-state index >= 15 is 0 Å². The summed E-state index contributed by atoms with van der Waals surface area (Å²) in [5.74, 6) is 1.23. The van der Waals surface area contributed by atoms with Gasteiger partial charge in [-0.2, -0.15) is 0 Å². The van der Waals surface area contributed by atoms with E-state index < -0.39 is 0 Å². The number of carbonyl (C=O) groups excluding carboxylic acids is 1. The summed E-state index contributed by atoms with van der Waals surface area (Å²) in [5, 5.41) is 3.59. The first-order valence-electron chi connectivity index (χ1n) is 7.85. The molecular formula is C17H24N2O. The number of nitrogens with zero attached hydrogens (tertiary/aromatic N) is 1. The molecule has 1 aromatic carbocycles. The highest BCUT2D eigenvalue weighted by molar-refractivity contribution is 5.95. The first kappa shape index (κ1) is 13.6. The molecule has 0 aromatic heterocycles. The Kier molecular flexibility index (Phi) is 4.06. The highest BCUT2D eigenvalue weighted by Gasteiger charge is 2.23. The van der Waals surface area contributed by atoms with Crippen molar-refractivity contribution in [3.63, 3.8) is 0 Å². The molecule has 1 aliphatic carbocycles. The van der Waals surface area contributed by atoms with Gasteiger partial charge in [-0.25, -0.2) is 0 Å². The van der Waals surface area contributed by atoms with Crippen LogP contribution in [0, 0.1) is 5.92 Å². The van der Waals surface area contributed by atoms with Crippen LogP contribution in [0.25, 0.3) is 0 Å². The largest absolute Gasteiger partial charge is 0.312 e. The van der Waals surface area contributed by atoms with Crippen LogP contribution in [0.1, 0.15) is 44.6 Å². The van der Waals surface area contributed by atoms with Crippen molar-refractivity contribution in [2.45, 2.75) is 51.6 Å². The van der Waals surface area contributed by atoms with Gasteiger partial charge in [-0.15, -0.1) is 0 Å². The molecule has 1 heterocycles. The minimum absolute atomic E-state index is 0.258. The quantitative estimate of drug-likeness (QED) is 0.863. The van der Waals surface area contributed by atoms with Crippen molar-refractivity contribution >= 4 is 11.6 Å². The first-order chi connectivity index (χ1) is 9.72. The molecule has 20 heavy (non-hydrogen) atoms. The average molecular weight is 272 g/mol. The van der Waals surface area contributed by atoms with E-state index in [-0.39, 0.29) is 5.91 Å². The maximum atomic E-state index is 11.7. The van der Waals surface area contributed by atoms with Gasteiger partial charge in [-0.05, 0) is 43.4 Å². The fraction of sp³-hybridized carbons (Fsp3) is 0.588. The molecule has 1 unspecified atom stereocenters. The summed E-state index contributed by atoms with van der Waals surface area (Å²) in [6.45, 7) is 4.06. The van der Waals surface area contributed by atoms with E-state index in [4.69, 9.17) is 0 Å². The van der Waals surface area contributed by atoms with E-state index in [0.717, 1.165) is 31.1 Å². The lowest BCUT2D eigenvalue weighted by Crippen LogP contribution is -2.26. The van der Waals surface area contributed by atoms with Gasteiger partial charge in [0, 0.05) is 31.2 Å². The summed E-state index contributed by atoms with van der Waals surface area (Å²) in [7, 11) is 0. The normalized spacial score (nSPS) is 20.4. The summed E-state index contributed by atoms with van der Waals surface area (Å²) in [6, 6.07) is 9.02. The number of benzene rings is 1. The molecule has 1 saturated carbocycles. The van der Waals surface area contributed by atoms with Gasteiger partial charge in [-0.1, -0.05) is 25.0 Å². The molecule has 1 atom stereocenters. The lowest BCUT2D eigenvalue weighted by Gasteiger charge is -2.17. The number of nitrogens with one attached hydrogen (secondary N) is 1. The fourth-order valence-electron chi connectivity index (χ4n) is 2.94. The smallest absolute Gasteiger partial charge is 0.227 e. The highest BCUT2D eigenvalue weighted by atomic mass is 16.2. The average Bonchev–Trinajstić information content (AvgIpc) is 3.16. The molecule has 2 fully saturated rings. The summed E-state index contributed by atoms with van der Waals surface area (Å²) in [5.41, 5.74) is 2.34. The maximum Gasteiger partial charge on any atom is 0.227 e. The van der Waals surface area contributed by atoms with Gasteiger partial charge in [0.15, 0.2) is 0 Å². The van der Waals surface area contributed by atoms with Gasteiger partial charge in [0.25, 0.3) is 0 Å². The minimum atomic E-state index is 0.258. The zero-order chi connectivity index (χ0) is 13.9. The van der Waals surface area contributed by atoms with E-state index in [1.165, 1.54) is 24.8 Å². The highest BCUT2D eigenvalue weighted by Crippen LogP contribution is 2.33. The van der Waals surface area contributed by atoms with Crippen LogP contribution in [0.15, 0.2) is 24.3 Å². The van der Waals surface area contributed by atoms with Gasteiger partial charge >= 0.3 is 0 Å². The SMILES string of the molecule is CC(CC1CC1)NCc1ccc(N2CCCC2=O)cc1. The van der Waals surface area contributed by atoms with Crippen LogP contribution in [0.5, 0.6) is 0 Å². The molecule has 3 rings (SSSR count). The molecule has 0 bridgehead atoms. The number of hydrogen-bond donors (Lipinski definition) is 1. The fourth-order valence-corrected chi connectivity index (χ4v) is 2.94. The Labute approximate surface area is 121 Å². The number of rotatable bonds is 6. The van der Waals surface area contributed by atoms with E-state index in [1.54, 1.807) is 0 Å². The third kappa shape index (κ3) is 3.40. The Morgan fingerprint density at radius 3 is 2.65 bits per heavy atom. The molecule has 1 aliphatic heterocycles. The third-order valence-electron chi connectivity index (χ3n) is 4.36. The van der Waals surface area contributed by atoms with Crippen molar-refractivity contribution in [1.82, 2.24) is 5.32 Å². The van der Waals surface area contributed by atoms with Crippen LogP contribution in [-0.2, 0) is 11.3 Å². The predicted octanol–water partition coefficient (Wildman–Crippen LogP) is 3.09. The van der Waals surface area contributed by atoms with E-state index in [0.29, 0.717) is 12.5 Å². The number of amides is 1. The van der Waals surface area contributed by atoms with Crippen molar-refractivity contribution in [2.75, 3.05) is 11.4 Å². The van der Waals surface area contributed by atoms with Crippen molar-refractivity contribution in [1.29, 1.82) is 0 Å². The molecule has 3 heteroatoms. The van der Waals surface area contributed by atoms with Crippen LogP contribution in [0.3, 0.4) is 0 Å². The van der Waals surface area contributed by atoms with Crippen molar-refractivity contribution < 1.29 is 4.79 Å². The first-order valence-corrected chi connectivity index (χ1v) is 7.85. The zero-order valence-electron chi connectivity index (χ0n) is 12.3. The molecule has 3 nitrogen and oxygen atoms in total. The second-order valence-electron chi connectivity index (χ2n) is 6.28. The Balaban J connectivity index is 1.51. The molecule has 0 radical (unpaired) electrons. The maximum absolute atomic E-state index is 11.7. The van der Waals surface area contributed by atoms with Gasteiger partial charge in [0.2, 0.25) is 5.91 Å². The predicted molar refractivity (Wildman–Crippen MR) is 81.7 cm³/mol. The van der Waals surface area contributed by atoms with Crippen molar-refractivity contribution in [2.24, 2.45) is 5.92 Å². The van der Waals surface area contributed by atoms with Gasteiger partial charge in [0.05, 0.1) is 0 Å². The number of anilines is 1. The Bertz CT molecular complexity index is 464. The van der Waals surface area contributed by atoms with Crippen LogP contribution in [0.4, 0.5) is 5.69 Å². The van der Waals surface area contributed by atoms with Gasteiger partial charge in [0.1, 0.15) is 0 Å². The van der Waals surface area contributed by atoms with E-state index in [9.17, 15) is 4.79 Å². The number of hydrogen-bond acceptors (Lipinski definition) is 2. The van der Waals surface area contributed by atoms with Crippen LogP contribution >= 0.6 is 0 Å². The summed E-state index contributed by atoms with van der Waals surface area (Å²) in [4.78, 5) is 13.6. The van der Waals surface area contributed by atoms with Gasteiger partial charge < -0.3 is 10.2 Å². The number of carbonyl (C=O) groups is 1. The molecular weight excluding hydrogens is 248 g/mol. The van der Waals surface area contributed by atoms with Gasteiger partial charge in [-0.3, -0.25) is 4.79 Å². The third-order valence-corrected chi connectivity index (χ3v) is 4.36. The molecule has 1 saturated heterocycles.